The second-order valence-electron chi connectivity index (χ2n) is 2.54. The van der Waals surface area contributed by atoms with Gasteiger partial charge >= 0.3 is 6.18 Å². The Labute approximate surface area is 82.9 Å². The maximum Gasteiger partial charge on any atom is 0.420 e. The Bertz CT molecular complexity index is 410. The summed E-state index contributed by atoms with van der Waals surface area (Å²) < 4.78 is 42.2. The summed E-state index contributed by atoms with van der Waals surface area (Å²) in [7, 11) is 1.12. The van der Waals surface area contributed by atoms with Crippen LogP contribution in [0.2, 0.25) is 0 Å². The van der Waals surface area contributed by atoms with E-state index in [1.165, 1.54) is 6.07 Å². The maximum absolute atomic E-state index is 12.6. The fourth-order valence-electron chi connectivity index (χ4n) is 1.11. The molecule has 1 aromatic carbocycles. The van der Waals surface area contributed by atoms with Gasteiger partial charge < -0.3 is 4.74 Å². The lowest BCUT2D eigenvalue weighted by Gasteiger charge is -2.13. The standard InChI is InChI=1S/C8H6F3N3O/c1-15-6-4-2-3-5(13-14-12)7(6)8(9,10)11/h2-4H,1H3. The van der Waals surface area contributed by atoms with Gasteiger partial charge in [-0.1, -0.05) is 17.2 Å². The minimum atomic E-state index is -4.61. The van der Waals surface area contributed by atoms with Gasteiger partial charge in [0.2, 0.25) is 0 Å². The predicted molar refractivity (Wildman–Crippen MR) is 46.8 cm³/mol. The molecule has 0 saturated heterocycles. The summed E-state index contributed by atoms with van der Waals surface area (Å²) in [5.74, 6) is -0.368. The highest BCUT2D eigenvalue weighted by molar-refractivity contribution is 5.55. The largest absolute Gasteiger partial charge is 0.496 e. The van der Waals surface area contributed by atoms with E-state index in [0.29, 0.717) is 0 Å². The van der Waals surface area contributed by atoms with Crippen molar-refractivity contribution < 1.29 is 17.9 Å². The summed E-state index contributed by atoms with van der Waals surface area (Å²) in [6.07, 6.45) is -4.61. The van der Waals surface area contributed by atoms with Gasteiger partial charge in [0.1, 0.15) is 11.3 Å². The number of hydrogen-bond acceptors (Lipinski definition) is 2. The number of ether oxygens (including phenoxy) is 1. The van der Waals surface area contributed by atoms with Crippen molar-refractivity contribution in [2.45, 2.75) is 6.18 Å². The molecule has 0 aromatic heterocycles. The average molecular weight is 217 g/mol. The number of hydrogen-bond donors (Lipinski definition) is 0. The lowest BCUT2D eigenvalue weighted by Crippen LogP contribution is -2.07. The number of benzene rings is 1. The number of methoxy groups -OCH3 is 1. The van der Waals surface area contributed by atoms with Crippen molar-refractivity contribution in [1.29, 1.82) is 0 Å². The molecular weight excluding hydrogens is 211 g/mol. The molecule has 0 radical (unpaired) electrons. The van der Waals surface area contributed by atoms with Crippen LogP contribution in [-0.2, 0) is 6.18 Å². The molecule has 0 aliphatic heterocycles. The molecule has 7 heteroatoms. The minimum absolute atomic E-state index is 0.368. The molecule has 0 atom stereocenters. The van der Waals surface area contributed by atoms with Crippen LogP contribution in [0, 0.1) is 0 Å². The van der Waals surface area contributed by atoms with E-state index in [1.807, 2.05) is 0 Å². The summed E-state index contributed by atoms with van der Waals surface area (Å²) in [6, 6.07) is 3.54. The molecule has 1 rings (SSSR count). The van der Waals surface area contributed by atoms with E-state index in [1.54, 1.807) is 0 Å². The van der Waals surface area contributed by atoms with Crippen LogP contribution in [0.15, 0.2) is 23.3 Å². The first-order valence-electron chi connectivity index (χ1n) is 3.80. The van der Waals surface area contributed by atoms with Gasteiger partial charge in [0, 0.05) is 4.91 Å². The molecule has 0 aliphatic carbocycles. The molecule has 0 spiro atoms. The third-order valence-electron chi connectivity index (χ3n) is 1.66. The van der Waals surface area contributed by atoms with Crippen molar-refractivity contribution >= 4 is 5.69 Å². The molecule has 0 aliphatic rings. The monoisotopic (exact) mass is 217 g/mol. The Morgan fingerprint density at radius 1 is 1.40 bits per heavy atom. The number of alkyl halides is 3. The molecule has 0 amide bonds. The second kappa shape index (κ2) is 4.10. The van der Waals surface area contributed by atoms with Crippen molar-refractivity contribution in [2.75, 3.05) is 7.11 Å². The Hall–Kier alpha value is -1.88. The zero-order chi connectivity index (χ0) is 11.5. The highest BCUT2D eigenvalue weighted by atomic mass is 19.4. The zero-order valence-corrected chi connectivity index (χ0v) is 7.62. The predicted octanol–water partition coefficient (Wildman–Crippen LogP) is 3.66. The molecule has 0 N–H and O–H groups in total. The molecule has 1 aromatic rings. The van der Waals surface area contributed by atoms with E-state index in [2.05, 4.69) is 14.8 Å². The highest BCUT2D eigenvalue weighted by Crippen LogP contribution is 2.42. The Kier molecular flexibility index (Phi) is 3.06. The number of azide groups is 1. The summed E-state index contributed by atoms with van der Waals surface area (Å²) in [5.41, 5.74) is 6.56. The van der Waals surface area contributed by atoms with Crippen LogP contribution in [0.3, 0.4) is 0 Å². The molecular formula is C8H6F3N3O. The van der Waals surface area contributed by atoms with E-state index in [0.717, 1.165) is 19.2 Å². The lowest BCUT2D eigenvalue weighted by atomic mass is 10.1. The first-order valence-corrected chi connectivity index (χ1v) is 3.80. The van der Waals surface area contributed by atoms with Crippen molar-refractivity contribution in [3.63, 3.8) is 0 Å². The summed E-state index contributed by atoms with van der Waals surface area (Å²) in [5, 5.41) is 2.96. The zero-order valence-electron chi connectivity index (χ0n) is 7.62. The third kappa shape index (κ3) is 2.32. The highest BCUT2D eigenvalue weighted by Gasteiger charge is 2.36. The van der Waals surface area contributed by atoms with E-state index in [-0.39, 0.29) is 5.75 Å². The number of halogens is 3. The van der Waals surface area contributed by atoms with Crippen molar-refractivity contribution in [3.05, 3.63) is 34.2 Å². The first kappa shape index (κ1) is 11.2. The Morgan fingerprint density at radius 2 is 2.07 bits per heavy atom. The van der Waals surface area contributed by atoms with Crippen LogP contribution in [-0.4, -0.2) is 7.11 Å². The summed E-state index contributed by atoms with van der Waals surface area (Å²) in [6.45, 7) is 0. The van der Waals surface area contributed by atoms with Crippen molar-refractivity contribution in [3.8, 4) is 5.75 Å². The molecule has 0 bridgehead atoms. The lowest BCUT2D eigenvalue weighted by molar-refractivity contribution is -0.138. The van der Waals surface area contributed by atoms with Crippen LogP contribution < -0.4 is 4.74 Å². The SMILES string of the molecule is COc1cccc(N=[N+]=[N-])c1C(F)(F)F. The average Bonchev–Trinajstić information content (AvgIpc) is 2.16. The van der Waals surface area contributed by atoms with Crippen molar-refractivity contribution in [2.24, 2.45) is 5.11 Å². The van der Waals surface area contributed by atoms with E-state index < -0.39 is 17.4 Å². The van der Waals surface area contributed by atoms with Gasteiger partial charge in [-0.05, 0) is 11.6 Å². The number of nitrogens with zero attached hydrogens (tertiary/aromatic N) is 3. The van der Waals surface area contributed by atoms with Crippen LogP contribution in [0.1, 0.15) is 5.56 Å². The van der Waals surface area contributed by atoms with Gasteiger partial charge in [-0.3, -0.25) is 0 Å². The smallest absolute Gasteiger partial charge is 0.420 e. The van der Waals surface area contributed by atoms with E-state index >= 15 is 0 Å². The van der Waals surface area contributed by atoms with Crippen LogP contribution in [0.4, 0.5) is 18.9 Å². The van der Waals surface area contributed by atoms with Gasteiger partial charge in [-0.2, -0.15) is 13.2 Å². The molecule has 4 nitrogen and oxygen atoms in total. The van der Waals surface area contributed by atoms with Gasteiger partial charge in [-0.15, -0.1) is 0 Å². The fourth-order valence-corrected chi connectivity index (χ4v) is 1.11. The van der Waals surface area contributed by atoms with Gasteiger partial charge in [-0.25, -0.2) is 0 Å². The van der Waals surface area contributed by atoms with Gasteiger partial charge in [0.15, 0.2) is 0 Å². The normalized spacial score (nSPS) is 10.7. The van der Waals surface area contributed by atoms with Gasteiger partial charge in [0.25, 0.3) is 0 Å². The Morgan fingerprint density at radius 3 is 2.53 bits per heavy atom. The molecule has 80 valence electrons. The molecule has 0 heterocycles. The quantitative estimate of drug-likeness (QED) is 0.423. The van der Waals surface area contributed by atoms with Crippen molar-refractivity contribution in [1.82, 2.24) is 0 Å². The Balaban J connectivity index is 3.47. The third-order valence-corrected chi connectivity index (χ3v) is 1.66. The fraction of sp³-hybridized carbons (Fsp3) is 0.250. The molecule has 0 saturated carbocycles. The van der Waals surface area contributed by atoms with E-state index in [4.69, 9.17) is 5.53 Å². The van der Waals surface area contributed by atoms with Crippen LogP contribution in [0.5, 0.6) is 5.75 Å². The van der Waals surface area contributed by atoms with E-state index in [9.17, 15) is 13.2 Å². The summed E-state index contributed by atoms with van der Waals surface area (Å²) >= 11 is 0. The second-order valence-corrected chi connectivity index (χ2v) is 2.54. The van der Waals surface area contributed by atoms with Crippen LogP contribution >= 0.6 is 0 Å². The van der Waals surface area contributed by atoms with Gasteiger partial charge in [0.05, 0.1) is 12.8 Å². The molecule has 15 heavy (non-hydrogen) atoms. The maximum atomic E-state index is 12.6. The molecule has 0 unspecified atom stereocenters. The summed E-state index contributed by atoms with van der Waals surface area (Å²) in [4.78, 5) is 2.32. The number of rotatable bonds is 2. The minimum Gasteiger partial charge on any atom is -0.496 e. The first-order chi connectivity index (χ1) is 7.00. The topological polar surface area (TPSA) is 58.0 Å². The van der Waals surface area contributed by atoms with Crippen LogP contribution in [0.25, 0.3) is 10.4 Å². The molecule has 0 fully saturated rings.